The molecule has 1 aromatic carbocycles. The molecule has 1 N–H and O–H groups in total. The molecule has 18 heavy (non-hydrogen) atoms. The molecule has 0 amide bonds. The fraction of sp³-hybridized carbons (Fsp3) is 0.333. The van der Waals surface area contributed by atoms with Crippen molar-refractivity contribution in [3.05, 3.63) is 42.1 Å². The average molecular weight is 242 g/mol. The van der Waals surface area contributed by atoms with E-state index in [1.54, 1.807) is 6.20 Å². The van der Waals surface area contributed by atoms with E-state index in [9.17, 15) is 4.79 Å². The molecule has 0 fully saturated rings. The summed E-state index contributed by atoms with van der Waals surface area (Å²) in [5.74, 6) is 0.158. The van der Waals surface area contributed by atoms with E-state index >= 15 is 0 Å². The van der Waals surface area contributed by atoms with Gasteiger partial charge in [0.05, 0.1) is 5.52 Å². The molecule has 0 aliphatic heterocycles. The van der Waals surface area contributed by atoms with Gasteiger partial charge in [0.15, 0.2) is 5.78 Å². The zero-order chi connectivity index (χ0) is 13.0. The van der Waals surface area contributed by atoms with Gasteiger partial charge >= 0.3 is 0 Å². The van der Waals surface area contributed by atoms with Crippen LogP contribution in [0.15, 0.2) is 36.5 Å². The van der Waals surface area contributed by atoms with Crippen LogP contribution in [0.25, 0.3) is 10.9 Å². The van der Waals surface area contributed by atoms with Crippen molar-refractivity contribution in [2.45, 2.75) is 13.8 Å². The average Bonchev–Trinajstić information content (AvgIpc) is 2.43. The number of carbonyl (C=O) groups excluding carboxylic acids is 1. The van der Waals surface area contributed by atoms with Gasteiger partial charge < -0.3 is 5.32 Å². The van der Waals surface area contributed by atoms with E-state index in [-0.39, 0.29) is 11.7 Å². The van der Waals surface area contributed by atoms with Crippen LogP contribution in [0.2, 0.25) is 0 Å². The third-order valence-corrected chi connectivity index (χ3v) is 3.06. The number of Topliss-reactive ketones (excluding diaryl/α,β-unsaturated/α-hetero) is 1. The van der Waals surface area contributed by atoms with Gasteiger partial charge in [0.25, 0.3) is 0 Å². The number of ketones is 1. The Morgan fingerprint density at radius 1 is 1.33 bits per heavy atom. The Morgan fingerprint density at radius 2 is 2.17 bits per heavy atom. The summed E-state index contributed by atoms with van der Waals surface area (Å²) in [6.07, 6.45) is 1.75. The minimum absolute atomic E-state index is 0.0178. The highest BCUT2D eigenvalue weighted by Crippen LogP contribution is 2.19. The molecule has 0 spiro atoms. The zero-order valence-corrected chi connectivity index (χ0v) is 10.8. The summed E-state index contributed by atoms with van der Waals surface area (Å²) in [7, 11) is 0. The second-order valence-electron chi connectivity index (χ2n) is 4.45. The maximum Gasteiger partial charge on any atom is 0.167 e. The van der Waals surface area contributed by atoms with Crippen LogP contribution in [0, 0.1) is 5.92 Å². The van der Waals surface area contributed by atoms with Crippen molar-refractivity contribution in [1.29, 1.82) is 0 Å². The van der Waals surface area contributed by atoms with Crippen LogP contribution >= 0.6 is 0 Å². The van der Waals surface area contributed by atoms with E-state index in [1.807, 2.05) is 44.2 Å². The summed E-state index contributed by atoms with van der Waals surface area (Å²) in [4.78, 5) is 16.7. The number of fused-ring (bicyclic) bond motifs is 1. The molecular weight excluding hydrogens is 224 g/mol. The molecule has 0 radical (unpaired) electrons. The molecule has 0 aliphatic rings. The van der Waals surface area contributed by atoms with Crippen molar-refractivity contribution in [2.75, 3.05) is 13.1 Å². The van der Waals surface area contributed by atoms with Crippen LogP contribution in [0.1, 0.15) is 24.2 Å². The lowest BCUT2D eigenvalue weighted by Crippen LogP contribution is -2.26. The molecule has 1 unspecified atom stereocenters. The highest BCUT2D eigenvalue weighted by Gasteiger charge is 2.16. The molecule has 94 valence electrons. The predicted octanol–water partition coefficient (Wildman–Crippen LogP) is 2.66. The molecule has 2 rings (SSSR count). The summed E-state index contributed by atoms with van der Waals surface area (Å²) in [6, 6.07) is 9.53. The van der Waals surface area contributed by atoms with Gasteiger partial charge in [-0.05, 0) is 18.7 Å². The first-order chi connectivity index (χ1) is 8.74. The maximum absolute atomic E-state index is 12.4. The Labute approximate surface area is 107 Å². The van der Waals surface area contributed by atoms with E-state index in [2.05, 4.69) is 10.3 Å². The molecule has 1 atom stereocenters. The number of rotatable bonds is 5. The third-order valence-electron chi connectivity index (χ3n) is 3.06. The first kappa shape index (κ1) is 12.7. The molecule has 1 aromatic heterocycles. The smallest absolute Gasteiger partial charge is 0.167 e. The third kappa shape index (κ3) is 2.57. The SMILES string of the molecule is CCNCC(C)C(=O)c1cccc2ncccc12. The van der Waals surface area contributed by atoms with Gasteiger partial charge in [0.2, 0.25) is 0 Å². The summed E-state index contributed by atoms with van der Waals surface area (Å²) in [5, 5.41) is 4.15. The van der Waals surface area contributed by atoms with Crippen molar-refractivity contribution in [3.63, 3.8) is 0 Å². The summed E-state index contributed by atoms with van der Waals surface area (Å²) in [6.45, 7) is 5.60. The van der Waals surface area contributed by atoms with Crippen molar-refractivity contribution in [2.24, 2.45) is 5.92 Å². The van der Waals surface area contributed by atoms with Crippen molar-refractivity contribution >= 4 is 16.7 Å². The van der Waals surface area contributed by atoms with Crippen LogP contribution in [-0.4, -0.2) is 23.9 Å². The van der Waals surface area contributed by atoms with Crippen LogP contribution < -0.4 is 5.32 Å². The molecule has 0 saturated carbocycles. The number of pyridine rings is 1. The summed E-state index contributed by atoms with van der Waals surface area (Å²) < 4.78 is 0. The quantitative estimate of drug-likeness (QED) is 0.820. The lowest BCUT2D eigenvalue weighted by atomic mass is 9.96. The fourth-order valence-electron chi connectivity index (χ4n) is 2.04. The molecular formula is C15H18N2O. The largest absolute Gasteiger partial charge is 0.316 e. The predicted molar refractivity (Wildman–Crippen MR) is 73.8 cm³/mol. The van der Waals surface area contributed by atoms with Gasteiger partial charge in [-0.2, -0.15) is 0 Å². The Morgan fingerprint density at radius 3 is 2.94 bits per heavy atom. The van der Waals surface area contributed by atoms with Crippen molar-refractivity contribution in [1.82, 2.24) is 10.3 Å². The molecule has 1 heterocycles. The fourth-order valence-corrected chi connectivity index (χ4v) is 2.04. The lowest BCUT2D eigenvalue weighted by Gasteiger charge is -2.12. The molecule has 2 aromatic rings. The van der Waals surface area contributed by atoms with Gasteiger partial charge in [-0.15, -0.1) is 0 Å². The van der Waals surface area contributed by atoms with E-state index in [0.717, 1.165) is 23.0 Å². The highest BCUT2D eigenvalue weighted by molar-refractivity contribution is 6.08. The number of aromatic nitrogens is 1. The Hall–Kier alpha value is -1.74. The minimum Gasteiger partial charge on any atom is -0.316 e. The number of benzene rings is 1. The first-order valence-corrected chi connectivity index (χ1v) is 6.32. The van der Waals surface area contributed by atoms with E-state index in [4.69, 9.17) is 0 Å². The summed E-state index contributed by atoms with van der Waals surface area (Å²) >= 11 is 0. The minimum atomic E-state index is -0.0178. The van der Waals surface area contributed by atoms with Gasteiger partial charge in [-0.3, -0.25) is 9.78 Å². The topological polar surface area (TPSA) is 42.0 Å². The monoisotopic (exact) mass is 242 g/mol. The molecule has 3 nitrogen and oxygen atoms in total. The highest BCUT2D eigenvalue weighted by atomic mass is 16.1. The maximum atomic E-state index is 12.4. The summed E-state index contributed by atoms with van der Waals surface area (Å²) in [5.41, 5.74) is 1.64. The molecule has 3 heteroatoms. The van der Waals surface area contributed by atoms with Gasteiger partial charge in [-0.1, -0.05) is 32.0 Å². The zero-order valence-electron chi connectivity index (χ0n) is 10.8. The number of carbonyl (C=O) groups is 1. The molecule has 0 aliphatic carbocycles. The van der Waals surface area contributed by atoms with Gasteiger partial charge in [-0.25, -0.2) is 0 Å². The van der Waals surface area contributed by atoms with Gasteiger partial charge in [0.1, 0.15) is 0 Å². The number of hydrogen-bond donors (Lipinski definition) is 1. The standard InChI is InChI=1S/C15H18N2O/c1-3-16-10-11(2)15(18)13-6-4-8-14-12(13)7-5-9-17-14/h4-9,11,16H,3,10H2,1-2H3. The van der Waals surface area contributed by atoms with Crippen LogP contribution in [0.5, 0.6) is 0 Å². The molecule has 0 saturated heterocycles. The van der Waals surface area contributed by atoms with Crippen LogP contribution in [0.3, 0.4) is 0 Å². The van der Waals surface area contributed by atoms with Crippen LogP contribution in [0.4, 0.5) is 0 Å². The Bertz CT molecular complexity index is 546. The first-order valence-electron chi connectivity index (χ1n) is 6.32. The van der Waals surface area contributed by atoms with E-state index in [0.29, 0.717) is 6.54 Å². The second kappa shape index (κ2) is 5.74. The molecule has 0 bridgehead atoms. The van der Waals surface area contributed by atoms with Crippen LogP contribution in [-0.2, 0) is 0 Å². The number of nitrogens with zero attached hydrogens (tertiary/aromatic N) is 1. The van der Waals surface area contributed by atoms with Gasteiger partial charge in [0, 0.05) is 29.6 Å². The second-order valence-corrected chi connectivity index (χ2v) is 4.45. The van der Waals surface area contributed by atoms with Crippen molar-refractivity contribution in [3.8, 4) is 0 Å². The number of hydrogen-bond acceptors (Lipinski definition) is 3. The van der Waals surface area contributed by atoms with Crippen molar-refractivity contribution < 1.29 is 4.79 Å². The van der Waals surface area contributed by atoms with E-state index in [1.165, 1.54) is 0 Å². The Kier molecular flexibility index (Phi) is 4.05. The Balaban J connectivity index is 2.33. The lowest BCUT2D eigenvalue weighted by molar-refractivity contribution is 0.0931. The normalized spacial score (nSPS) is 12.6. The van der Waals surface area contributed by atoms with E-state index < -0.39 is 0 Å². The number of nitrogens with one attached hydrogen (secondary N) is 1.